The average molecular weight is 662 g/mol. The van der Waals surface area contributed by atoms with Crippen LogP contribution >= 0.6 is 11.6 Å². The second-order valence-electron chi connectivity index (χ2n) is 11.0. The molecule has 0 radical (unpaired) electrons. The number of carbonyl (C=O) groups is 2. The highest BCUT2D eigenvalue weighted by Gasteiger charge is 2.35. The molecular weight excluding hydrogens is 622 g/mol. The Bertz CT molecular complexity index is 1720. The third kappa shape index (κ3) is 8.68. The number of halogens is 1. The highest BCUT2D eigenvalue weighted by molar-refractivity contribution is 7.92. The first-order valence-corrected chi connectivity index (χ1v) is 17.0. The number of hydrogen-bond donors (Lipinski definition) is 1. The van der Waals surface area contributed by atoms with Crippen molar-refractivity contribution >= 4 is 39.1 Å². The molecule has 8 nitrogen and oxygen atoms in total. The Morgan fingerprint density at radius 3 is 2.22 bits per heavy atom. The van der Waals surface area contributed by atoms with Gasteiger partial charge in [0, 0.05) is 24.5 Å². The Labute approximate surface area is 277 Å². The largest absolute Gasteiger partial charge is 0.495 e. The lowest BCUT2D eigenvalue weighted by molar-refractivity contribution is -0.140. The first kappa shape index (κ1) is 34.5. The van der Waals surface area contributed by atoms with Crippen LogP contribution in [0.15, 0.2) is 108 Å². The summed E-state index contributed by atoms with van der Waals surface area (Å²) in [5.74, 6) is -0.619. The summed E-state index contributed by atoms with van der Waals surface area (Å²) in [4.78, 5) is 30.0. The van der Waals surface area contributed by atoms with Crippen LogP contribution in [0.4, 0.5) is 5.69 Å². The predicted octanol–water partition coefficient (Wildman–Crippen LogP) is 6.41. The number of amides is 2. The summed E-state index contributed by atoms with van der Waals surface area (Å²) in [6, 6.07) is 28.7. The fraction of sp³-hybridized carbons (Fsp3) is 0.278. The predicted molar refractivity (Wildman–Crippen MR) is 183 cm³/mol. The van der Waals surface area contributed by atoms with Gasteiger partial charge in [0.25, 0.3) is 10.0 Å². The molecule has 0 aliphatic heterocycles. The van der Waals surface area contributed by atoms with Crippen molar-refractivity contribution < 1.29 is 22.7 Å². The van der Waals surface area contributed by atoms with Gasteiger partial charge in [-0.3, -0.25) is 13.9 Å². The molecule has 4 rings (SSSR count). The van der Waals surface area contributed by atoms with Crippen molar-refractivity contribution in [3.63, 3.8) is 0 Å². The molecule has 10 heteroatoms. The number of anilines is 1. The minimum atomic E-state index is -4.26. The van der Waals surface area contributed by atoms with Crippen LogP contribution in [0.1, 0.15) is 36.5 Å². The molecule has 0 unspecified atom stereocenters. The minimum Gasteiger partial charge on any atom is -0.495 e. The molecule has 0 aliphatic carbocycles. The average Bonchev–Trinajstić information content (AvgIpc) is 3.06. The fourth-order valence-corrected chi connectivity index (χ4v) is 6.73. The molecule has 0 bridgehead atoms. The smallest absolute Gasteiger partial charge is 0.264 e. The number of rotatable bonds is 15. The van der Waals surface area contributed by atoms with Gasteiger partial charge < -0.3 is 15.0 Å². The van der Waals surface area contributed by atoms with Crippen LogP contribution in [0.2, 0.25) is 5.02 Å². The molecule has 0 heterocycles. The standard InChI is InChI=1S/C36H40ClN3O5S/c1-4-5-22-38-36(42)33(24-28-14-8-6-9-15-28)39(25-29-16-12-13-19-31(29)37)35(41)26-40(32-23-27(2)20-21-34(32)45-3)46(43,44)30-17-10-7-11-18-30/h6-21,23,33H,4-5,22,24-26H2,1-3H3,(H,38,42)/t33-/m0/s1. The van der Waals surface area contributed by atoms with Gasteiger partial charge in [0.05, 0.1) is 17.7 Å². The highest BCUT2D eigenvalue weighted by atomic mass is 35.5. The van der Waals surface area contributed by atoms with E-state index < -0.39 is 28.5 Å². The molecule has 0 aliphatic rings. The SMILES string of the molecule is CCCCNC(=O)[C@H](Cc1ccccc1)N(Cc1ccccc1Cl)C(=O)CN(c1cc(C)ccc1OC)S(=O)(=O)c1ccccc1. The second-order valence-corrected chi connectivity index (χ2v) is 13.2. The zero-order chi connectivity index (χ0) is 33.1. The molecule has 0 aromatic heterocycles. The van der Waals surface area contributed by atoms with E-state index in [-0.39, 0.29) is 35.2 Å². The van der Waals surface area contributed by atoms with Crippen LogP contribution in [-0.4, -0.2) is 51.4 Å². The number of methoxy groups -OCH3 is 1. The lowest BCUT2D eigenvalue weighted by Gasteiger charge is -2.34. The van der Waals surface area contributed by atoms with Crippen LogP contribution in [0.5, 0.6) is 5.75 Å². The van der Waals surface area contributed by atoms with E-state index in [2.05, 4.69) is 5.32 Å². The van der Waals surface area contributed by atoms with Crippen molar-refractivity contribution in [2.45, 2.75) is 50.6 Å². The monoisotopic (exact) mass is 661 g/mol. The molecule has 0 saturated heterocycles. The van der Waals surface area contributed by atoms with Gasteiger partial charge in [-0.1, -0.05) is 97.7 Å². The number of hydrogen-bond acceptors (Lipinski definition) is 5. The van der Waals surface area contributed by atoms with Crippen LogP contribution in [0, 0.1) is 6.92 Å². The van der Waals surface area contributed by atoms with Crippen molar-refractivity contribution in [3.8, 4) is 5.75 Å². The molecule has 46 heavy (non-hydrogen) atoms. The van der Waals surface area contributed by atoms with E-state index >= 15 is 0 Å². The van der Waals surface area contributed by atoms with E-state index in [0.29, 0.717) is 17.1 Å². The molecule has 0 spiro atoms. The summed E-state index contributed by atoms with van der Waals surface area (Å²) >= 11 is 6.57. The first-order valence-electron chi connectivity index (χ1n) is 15.2. The normalized spacial score (nSPS) is 11.8. The summed E-state index contributed by atoms with van der Waals surface area (Å²) in [5, 5.41) is 3.42. The van der Waals surface area contributed by atoms with E-state index in [0.717, 1.165) is 28.3 Å². The lowest BCUT2D eigenvalue weighted by Crippen LogP contribution is -2.53. The van der Waals surface area contributed by atoms with Gasteiger partial charge in [-0.05, 0) is 60.4 Å². The quantitative estimate of drug-likeness (QED) is 0.149. The summed E-state index contributed by atoms with van der Waals surface area (Å²) in [6.45, 7) is 3.71. The third-order valence-electron chi connectivity index (χ3n) is 7.61. The van der Waals surface area contributed by atoms with Gasteiger partial charge in [0.2, 0.25) is 11.8 Å². The van der Waals surface area contributed by atoms with Crippen LogP contribution in [0.25, 0.3) is 0 Å². The van der Waals surface area contributed by atoms with Crippen molar-refractivity contribution in [2.24, 2.45) is 0 Å². The van der Waals surface area contributed by atoms with Crippen LogP contribution in [0.3, 0.4) is 0 Å². The molecular formula is C36H40ClN3O5S. The van der Waals surface area contributed by atoms with E-state index in [1.54, 1.807) is 60.7 Å². The van der Waals surface area contributed by atoms with Crippen molar-refractivity contribution in [3.05, 3.63) is 125 Å². The number of unbranched alkanes of at least 4 members (excludes halogenated alkanes) is 1. The Morgan fingerprint density at radius 1 is 0.913 bits per heavy atom. The van der Waals surface area contributed by atoms with E-state index in [1.807, 2.05) is 44.2 Å². The number of carbonyl (C=O) groups excluding carboxylic acids is 2. The second kappa shape index (κ2) is 16.3. The summed E-state index contributed by atoms with van der Waals surface area (Å²) in [7, 11) is -2.81. The van der Waals surface area contributed by atoms with Crippen molar-refractivity contribution in [1.29, 1.82) is 0 Å². The molecule has 4 aromatic carbocycles. The summed E-state index contributed by atoms with van der Waals surface area (Å²) in [5.41, 5.74) is 2.47. The maximum absolute atomic E-state index is 14.6. The zero-order valence-corrected chi connectivity index (χ0v) is 27.9. The van der Waals surface area contributed by atoms with E-state index in [4.69, 9.17) is 16.3 Å². The number of sulfonamides is 1. The molecule has 1 N–H and O–H groups in total. The van der Waals surface area contributed by atoms with Gasteiger partial charge >= 0.3 is 0 Å². The molecule has 0 fully saturated rings. The Hall–Kier alpha value is -4.34. The minimum absolute atomic E-state index is 0.0125. The first-order chi connectivity index (χ1) is 22.1. The van der Waals surface area contributed by atoms with Crippen LogP contribution in [-0.2, 0) is 32.6 Å². The van der Waals surface area contributed by atoms with Crippen molar-refractivity contribution in [2.75, 3.05) is 24.5 Å². The van der Waals surface area contributed by atoms with E-state index in [9.17, 15) is 18.0 Å². The number of nitrogens with zero attached hydrogens (tertiary/aromatic N) is 2. The summed E-state index contributed by atoms with van der Waals surface area (Å²) in [6.07, 6.45) is 1.88. The van der Waals surface area contributed by atoms with Gasteiger partial charge in [-0.25, -0.2) is 8.42 Å². The Balaban J connectivity index is 1.84. The molecule has 4 aromatic rings. The molecule has 1 atom stereocenters. The maximum atomic E-state index is 14.6. The Kier molecular flexibility index (Phi) is 12.2. The number of ether oxygens (including phenoxy) is 1. The molecule has 2 amide bonds. The zero-order valence-electron chi connectivity index (χ0n) is 26.4. The topological polar surface area (TPSA) is 96.0 Å². The molecule has 242 valence electrons. The number of aryl methyl sites for hydroxylation is 1. The van der Waals surface area contributed by atoms with Crippen LogP contribution < -0.4 is 14.4 Å². The summed E-state index contributed by atoms with van der Waals surface area (Å²) < 4.78 is 35.1. The van der Waals surface area contributed by atoms with E-state index in [1.165, 1.54) is 24.1 Å². The fourth-order valence-electron chi connectivity index (χ4n) is 5.10. The number of nitrogens with one attached hydrogen (secondary N) is 1. The van der Waals surface area contributed by atoms with Gasteiger partial charge in [0.1, 0.15) is 18.3 Å². The highest BCUT2D eigenvalue weighted by Crippen LogP contribution is 2.34. The number of benzene rings is 4. The van der Waals surface area contributed by atoms with Gasteiger partial charge in [-0.15, -0.1) is 0 Å². The molecule has 0 saturated carbocycles. The third-order valence-corrected chi connectivity index (χ3v) is 9.75. The Morgan fingerprint density at radius 2 is 1.57 bits per heavy atom. The lowest BCUT2D eigenvalue weighted by atomic mass is 10.0. The van der Waals surface area contributed by atoms with Gasteiger partial charge in [0.15, 0.2) is 0 Å². The van der Waals surface area contributed by atoms with Crippen molar-refractivity contribution in [1.82, 2.24) is 10.2 Å². The maximum Gasteiger partial charge on any atom is 0.264 e. The van der Waals surface area contributed by atoms with Gasteiger partial charge in [-0.2, -0.15) is 0 Å².